The smallest absolute Gasteiger partial charge is 0.124 e. The molecule has 0 bridgehead atoms. The van der Waals surface area contributed by atoms with Gasteiger partial charge in [0.25, 0.3) is 0 Å². The van der Waals surface area contributed by atoms with Crippen LogP contribution in [0.25, 0.3) is 0 Å². The fraction of sp³-hybridized carbons (Fsp3) is 0.286. The van der Waals surface area contributed by atoms with Crippen LogP contribution in [0.15, 0.2) is 146 Å². The second kappa shape index (κ2) is 20.4. The molecule has 4 unspecified atom stereocenters. The SMILES string of the molecule is C.C.CC(CC(CC(CC(CCc1ccc(S(=O)(=O)[O-])cc1)c1ccc(S(=O)(=O)[O-])cc1)c1ccc(S(=O)(=O)[O-])cc1)c1ccc(S(=O)(=O)[O-])cc1)c1ccc(S(=O)(=O)[O-])cc1. The van der Waals surface area contributed by atoms with Crippen LogP contribution in [0.2, 0.25) is 0 Å². The van der Waals surface area contributed by atoms with Gasteiger partial charge in [0.15, 0.2) is 0 Å². The van der Waals surface area contributed by atoms with Gasteiger partial charge in [0.1, 0.15) is 50.6 Å². The molecule has 0 fully saturated rings. The summed E-state index contributed by atoms with van der Waals surface area (Å²) in [6.07, 6.45) is 1.55. The van der Waals surface area contributed by atoms with Gasteiger partial charge in [-0.3, -0.25) is 0 Å². The van der Waals surface area contributed by atoms with Crippen molar-refractivity contribution in [2.75, 3.05) is 0 Å². The first-order valence-corrected chi connectivity index (χ1v) is 25.1. The zero-order valence-electron chi connectivity index (χ0n) is 31.6. The Morgan fingerprint density at radius 1 is 0.355 bits per heavy atom. The van der Waals surface area contributed by atoms with Gasteiger partial charge in [-0.1, -0.05) is 82.4 Å². The van der Waals surface area contributed by atoms with Crippen molar-refractivity contribution in [1.29, 1.82) is 0 Å². The Balaban J connectivity index is 0.00000512. The Morgan fingerprint density at radius 3 is 0.903 bits per heavy atom. The van der Waals surface area contributed by atoms with E-state index in [0.29, 0.717) is 47.1 Å². The van der Waals surface area contributed by atoms with E-state index in [4.69, 9.17) is 0 Å². The summed E-state index contributed by atoms with van der Waals surface area (Å²) in [4.78, 5) is -2.27. The summed E-state index contributed by atoms with van der Waals surface area (Å²) >= 11 is 0. The quantitative estimate of drug-likeness (QED) is 0.0822. The molecule has 5 aromatic carbocycles. The topological polar surface area (TPSA) is 286 Å². The fourth-order valence-electron chi connectivity index (χ4n) is 7.25. The molecule has 0 amide bonds. The van der Waals surface area contributed by atoms with Gasteiger partial charge in [0.2, 0.25) is 0 Å². The summed E-state index contributed by atoms with van der Waals surface area (Å²) in [6.45, 7) is 1.85. The van der Waals surface area contributed by atoms with Gasteiger partial charge in [-0.15, -0.1) is 0 Å². The number of rotatable bonds is 18. The molecule has 0 aromatic heterocycles. The molecule has 0 aliphatic heterocycles. The minimum absolute atomic E-state index is 0. The normalized spacial score (nSPS) is 14.4. The highest BCUT2D eigenvalue weighted by atomic mass is 32.2. The molecule has 5 aromatic rings. The Morgan fingerprint density at radius 2 is 0.597 bits per heavy atom. The molecule has 5 rings (SSSR count). The summed E-state index contributed by atoms with van der Waals surface area (Å²) < 4.78 is 176. The van der Waals surface area contributed by atoms with Gasteiger partial charge in [-0.2, -0.15) is 0 Å². The lowest BCUT2D eigenvalue weighted by Gasteiger charge is -2.30. The van der Waals surface area contributed by atoms with Crippen molar-refractivity contribution in [3.05, 3.63) is 149 Å². The van der Waals surface area contributed by atoms with E-state index >= 15 is 0 Å². The maximum absolute atomic E-state index is 11.9. The van der Waals surface area contributed by atoms with Crippen LogP contribution in [0.1, 0.15) is 98.9 Å². The van der Waals surface area contributed by atoms with Crippen molar-refractivity contribution in [3.8, 4) is 0 Å². The van der Waals surface area contributed by atoms with Crippen LogP contribution < -0.4 is 0 Å². The first-order valence-electron chi connectivity index (χ1n) is 18.1. The summed E-state index contributed by atoms with van der Waals surface area (Å²) in [5.74, 6) is -1.69. The van der Waals surface area contributed by atoms with E-state index in [0.717, 1.165) is 12.1 Å². The molecule has 0 saturated heterocycles. The average Bonchev–Trinajstić information content (AvgIpc) is 3.17. The third kappa shape index (κ3) is 14.1. The van der Waals surface area contributed by atoms with Gasteiger partial charge in [0, 0.05) is 0 Å². The summed E-state index contributed by atoms with van der Waals surface area (Å²) in [7, 11) is -23.9. The molecular weight excluding hydrogens is 905 g/mol. The maximum Gasteiger partial charge on any atom is 0.124 e. The molecule has 62 heavy (non-hydrogen) atoms. The number of benzene rings is 5. The molecule has 338 valence electrons. The number of hydrogen-bond acceptors (Lipinski definition) is 15. The molecule has 4 atom stereocenters. The standard InChI is InChI=1S/C40H42O15S5.2CH4/c1-27(29-6-16-37(17-7-29)57(44,45)46)24-34(31-10-20-39(21-11-31)59(50,51)52)26-35(32-12-22-40(23-13-32)60(53,54)55)25-33(30-8-18-38(19-9-30)58(47,48)49)5-2-28-3-14-36(15-4-28)56(41,42)43;;/h3-4,6-23,27,33-35H,2,5,24-26H2,1H3,(H,41,42,43)(H,44,45,46)(H,47,48,49)(H,50,51,52)(H,53,54,55);2*1H4/p-5. The van der Waals surface area contributed by atoms with Gasteiger partial charge < -0.3 is 22.8 Å². The lowest BCUT2D eigenvalue weighted by molar-refractivity contribution is 0.423. The Kier molecular flexibility index (Phi) is 17.1. The van der Waals surface area contributed by atoms with Crippen LogP contribution in [0.5, 0.6) is 0 Å². The first-order chi connectivity index (χ1) is 27.8. The molecular formula is C42H45O15S5-5. The van der Waals surface area contributed by atoms with Gasteiger partial charge >= 0.3 is 0 Å². The third-order valence-electron chi connectivity index (χ3n) is 10.4. The molecule has 0 aliphatic rings. The Bertz CT molecular complexity index is 2850. The third-order valence-corrected chi connectivity index (χ3v) is 14.7. The predicted molar refractivity (Wildman–Crippen MR) is 224 cm³/mol. The Labute approximate surface area is 364 Å². The largest absolute Gasteiger partial charge is 0.744 e. The molecule has 20 heteroatoms. The lowest BCUT2D eigenvalue weighted by atomic mass is 9.74. The van der Waals surface area contributed by atoms with Gasteiger partial charge in [-0.05, 0) is 144 Å². The summed E-state index contributed by atoms with van der Waals surface area (Å²) in [5, 5.41) is 0. The molecule has 0 spiro atoms. The van der Waals surface area contributed by atoms with Crippen molar-refractivity contribution in [2.45, 2.75) is 102 Å². The molecule has 15 nitrogen and oxygen atoms in total. The van der Waals surface area contributed by atoms with Crippen molar-refractivity contribution in [2.24, 2.45) is 0 Å². The molecule has 0 radical (unpaired) electrons. The average molecular weight is 950 g/mol. The van der Waals surface area contributed by atoms with Crippen LogP contribution in [-0.2, 0) is 57.0 Å². The summed E-state index contributed by atoms with van der Waals surface area (Å²) in [5.41, 5.74) is 3.11. The maximum atomic E-state index is 11.9. The van der Waals surface area contributed by atoms with Crippen LogP contribution in [-0.4, -0.2) is 64.9 Å². The molecule has 0 saturated carbocycles. The van der Waals surface area contributed by atoms with Crippen LogP contribution in [0, 0.1) is 0 Å². The second-order valence-electron chi connectivity index (χ2n) is 14.4. The lowest BCUT2D eigenvalue weighted by Crippen LogP contribution is -2.14. The van der Waals surface area contributed by atoms with Crippen LogP contribution >= 0.6 is 0 Å². The fourth-order valence-corrected chi connectivity index (χ4v) is 9.60. The van der Waals surface area contributed by atoms with E-state index < -0.39 is 92.8 Å². The molecule has 0 N–H and O–H groups in total. The minimum Gasteiger partial charge on any atom is -0.744 e. The van der Waals surface area contributed by atoms with E-state index in [9.17, 15) is 64.9 Å². The van der Waals surface area contributed by atoms with E-state index in [1.54, 1.807) is 0 Å². The number of aryl methyl sites for hydroxylation is 1. The molecule has 0 aliphatic carbocycles. The number of hydrogen-bond donors (Lipinski definition) is 0. The zero-order chi connectivity index (χ0) is 44.3. The van der Waals surface area contributed by atoms with Crippen molar-refractivity contribution >= 4 is 50.6 Å². The van der Waals surface area contributed by atoms with E-state index in [2.05, 4.69) is 0 Å². The second-order valence-corrected chi connectivity index (χ2v) is 21.3. The van der Waals surface area contributed by atoms with Crippen molar-refractivity contribution in [3.63, 3.8) is 0 Å². The minimum atomic E-state index is -4.83. The zero-order valence-corrected chi connectivity index (χ0v) is 35.6. The van der Waals surface area contributed by atoms with Crippen molar-refractivity contribution in [1.82, 2.24) is 0 Å². The molecule has 0 heterocycles. The van der Waals surface area contributed by atoms with E-state index in [-0.39, 0.29) is 33.6 Å². The highest BCUT2D eigenvalue weighted by Crippen LogP contribution is 2.43. The van der Waals surface area contributed by atoms with Gasteiger partial charge in [-0.25, -0.2) is 42.1 Å². The van der Waals surface area contributed by atoms with E-state index in [1.807, 2.05) is 6.92 Å². The van der Waals surface area contributed by atoms with Crippen LogP contribution in [0.4, 0.5) is 0 Å². The monoisotopic (exact) mass is 949 g/mol. The van der Waals surface area contributed by atoms with Crippen LogP contribution in [0.3, 0.4) is 0 Å². The highest BCUT2D eigenvalue weighted by molar-refractivity contribution is 7.86. The highest BCUT2D eigenvalue weighted by Gasteiger charge is 2.27. The van der Waals surface area contributed by atoms with E-state index in [1.165, 1.54) is 109 Å². The Hall–Kier alpha value is -4.35. The summed E-state index contributed by atoms with van der Waals surface area (Å²) in [6, 6.07) is 26.6. The van der Waals surface area contributed by atoms with Crippen molar-refractivity contribution < 1.29 is 64.9 Å². The van der Waals surface area contributed by atoms with Gasteiger partial charge in [0.05, 0.1) is 24.5 Å². The predicted octanol–water partition coefficient (Wildman–Crippen LogP) is 6.74. The first kappa shape index (κ1) is 52.0.